The van der Waals surface area contributed by atoms with Crippen molar-refractivity contribution < 1.29 is 14.3 Å². The molecule has 0 spiro atoms. The minimum atomic E-state index is -0.669. The van der Waals surface area contributed by atoms with E-state index in [1.807, 2.05) is 81.4 Å². The van der Waals surface area contributed by atoms with Crippen LogP contribution in [0.25, 0.3) is 10.9 Å². The fourth-order valence-corrected chi connectivity index (χ4v) is 2.65. The van der Waals surface area contributed by atoms with Gasteiger partial charge in [-0.25, -0.2) is 4.79 Å². The number of carbonyl (C=O) groups is 1. The number of fused-ring (bicyclic) bond motifs is 1. The van der Waals surface area contributed by atoms with Crippen molar-refractivity contribution in [3.63, 3.8) is 0 Å². The third-order valence-electron chi connectivity index (χ3n) is 3.81. The van der Waals surface area contributed by atoms with Gasteiger partial charge in [0.2, 0.25) is 0 Å². The van der Waals surface area contributed by atoms with Crippen LogP contribution in [0.1, 0.15) is 20.8 Å². The lowest BCUT2D eigenvalue weighted by molar-refractivity contribution is -0.156. The summed E-state index contributed by atoms with van der Waals surface area (Å²) in [6.45, 7) is 5.68. The van der Waals surface area contributed by atoms with Crippen molar-refractivity contribution in [2.75, 3.05) is 11.9 Å². The maximum absolute atomic E-state index is 12.7. The summed E-state index contributed by atoms with van der Waals surface area (Å²) >= 11 is 0. The lowest BCUT2D eigenvalue weighted by atomic mass is 10.1. The van der Waals surface area contributed by atoms with Crippen LogP contribution in [0.5, 0.6) is 5.75 Å². The van der Waals surface area contributed by atoms with E-state index in [1.54, 1.807) is 6.20 Å². The van der Waals surface area contributed by atoms with E-state index in [-0.39, 0.29) is 12.6 Å². The molecular weight excluding hydrogens is 340 g/mol. The van der Waals surface area contributed by atoms with Crippen molar-refractivity contribution in [2.45, 2.75) is 32.4 Å². The highest BCUT2D eigenvalue weighted by Crippen LogP contribution is 2.22. The summed E-state index contributed by atoms with van der Waals surface area (Å²) in [5.41, 5.74) is 0.981. The molecule has 1 N–H and O–H groups in total. The van der Waals surface area contributed by atoms with E-state index < -0.39 is 11.6 Å². The first-order valence-electron chi connectivity index (χ1n) is 8.93. The molecule has 1 heterocycles. The second-order valence-electron chi connectivity index (χ2n) is 7.24. The maximum atomic E-state index is 12.7. The molecule has 1 atom stereocenters. The highest BCUT2D eigenvalue weighted by Gasteiger charge is 2.26. The van der Waals surface area contributed by atoms with E-state index in [4.69, 9.17) is 9.47 Å². The summed E-state index contributed by atoms with van der Waals surface area (Å²) in [7, 11) is 0. The Hall–Kier alpha value is -3.08. The van der Waals surface area contributed by atoms with E-state index in [9.17, 15) is 4.79 Å². The van der Waals surface area contributed by atoms with Crippen LogP contribution in [0.3, 0.4) is 0 Å². The Morgan fingerprint density at radius 1 is 1.04 bits per heavy atom. The molecular formula is C22H24N2O3. The smallest absolute Gasteiger partial charge is 0.332 e. The number of ether oxygens (including phenoxy) is 2. The lowest BCUT2D eigenvalue weighted by Crippen LogP contribution is -2.40. The minimum Gasteiger partial charge on any atom is -0.491 e. The zero-order valence-corrected chi connectivity index (χ0v) is 15.8. The summed E-state index contributed by atoms with van der Waals surface area (Å²) in [6.07, 6.45) is 1.73. The predicted molar refractivity (Wildman–Crippen MR) is 107 cm³/mol. The Balaban J connectivity index is 1.83. The molecule has 0 saturated heterocycles. The Bertz CT molecular complexity index is 899. The fourth-order valence-electron chi connectivity index (χ4n) is 2.65. The number of hydrogen-bond donors (Lipinski definition) is 1. The number of rotatable bonds is 6. The molecule has 0 saturated carbocycles. The topological polar surface area (TPSA) is 60.5 Å². The van der Waals surface area contributed by atoms with E-state index in [0.717, 1.165) is 16.6 Å². The number of nitrogens with one attached hydrogen (secondary N) is 1. The molecule has 0 radical (unpaired) electrons. The van der Waals surface area contributed by atoms with Gasteiger partial charge in [0, 0.05) is 11.6 Å². The summed E-state index contributed by atoms with van der Waals surface area (Å²) in [6, 6.07) is 18.4. The standard InChI is InChI=1S/C22H24N2O3/c1-22(2,3)27-21(25)19(15-26-17-11-5-4-6-12-17)24-18-13-7-9-16-10-8-14-23-20(16)18/h4-14,19,24H,15H2,1-3H3/t19-/m1/s1. The molecule has 0 fully saturated rings. The van der Waals surface area contributed by atoms with Crippen LogP contribution in [-0.2, 0) is 9.53 Å². The van der Waals surface area contributed by atoms with Gasteiger partial charge in [0.15, 0.2) is 6.04 Å². The fraction of sp³-hybridized carbons (Fsp3) is 0.273. The van der Waals surface area contributed by atoms with Gasteiger partial charge in [-0.3, -0.25) is 4.98 Å². The second-order valence-corrected chi connectivity index (χ2v) is 7.24. The predicted octanol–water partition coefficient (Wildman–Crippen LogP) is 4.44. The van der Waals surface area contributed by atoms with Crippen molar-refractivity contribution in [2.24, 2.45) is 0 Å². The van der Waals surface area contributed by atoms with E-state index in [2.05, 4.69) is 10.3 Å². The van der Waals surface area contributed by atoms with Crippen LogP contribution in [0, 0.1) is 0 Å². The van der Waals surface area contributed by atoms with E-state index in [0.29, 0.717) is 5.75 Å². The number of esters is 1. The zero-order valence-electron chi connectivity index (χ0n) is 15.8. The van der Waals surface area contributed by atoms with Gasteiger partial charge in [0.1, 0.15) is 18.0 Å². The third-order valence-corrected chi connectivity index (χ3v) is 3.81. The van der Waals surface area contributed by atoms with E-state index in [1.165, 1.54) is 0 Å². The molecule has 0 amide bonds. The van der Waals surface area contributed by atoms with Gasteiger partial charge in [0.25, 0.3) is 0 Å². The number of anilines is 1. The number of nitrogens with zero attached hydrogens (tertiary/aromatic N) is 1. The van der Waals surface area contributed by atoms with Crippen molar-refractivity contribution in [1.82, 2.24) is 4.98 Å². The monoisotopic (exact) mass is 364 g/mol. The molecule has 3 aromatic rings. The third kappa shape index (κ3) is 5.20. The van der Waals surface area contributed by atoms with Crippen LogP contribution < -0.4 is 10.1 Å². The van der Waals surface area contributed by atoms with Gasteiger partial charge in [-0.2, -0.15) is 0 Å². The molecule has 0 aliphatic carbocycles. The van der Waals surface area contributed by atoms with Gasteiger partial charge in [-0.15, -0.1) is 0 Å². The first-order chi connectivity index (χ1) is 12.9. The number of benzene rings is 2. The van der Waals surface area contributed by atoms with Crippen molar-refractivity contribution in [3.05, 3.63) is 66.9 Å². The SMILES string of the molecule is CC(C)(C)OC(=O)[C@@H](COc1ccccc1)Nc1cccc2cccnc12. The molecule has 27 heavy (non-hydrogen) atoms. The van der Waals surface area contributed by atoms with Gasteiger partial charge < -0.3 is 14.8 Å². The Kier molecular flexibility index (Phi) is 5.60. The summed E-state index contributed by atoms with van der Waals surface area (Å²) in [5.74, 6) is 0.329. The molecule has 1 aromatic heterocycles. The average molecular weight is 364 g/mol. The van der Waals surface area contributed by atoms with Crippen molar-refractivity contribution in [3.8, 4) is 5.75 Å². The number of aromatic nitrogens is 1. The zero-order chi connectivity index (χ0) is 19.3. The number of carbonyl (C=O) groups excluding carboxylic acids is 1. The highest BCUT2D eigenvalue weighted by molar-refractivity contribution is 5.92. The van der Waals surface area contributed by atoms with Crippen LogP contribution in [0.15, 0.2) is 66.9 Å². The molecule has 0 bridgehead atoms. The van der Waals surface area contributed by atoms with E-state index >= 15 is 0 Å². The second kappa shape index (κ2) is 8.08. The first kappa shape index (κ1) is 18.7. The molecule has 2 aromatic carbocycles. The molecule has 5 heteroatoms. The summed E-state index contributed by atoms with van der Waals surface area (Å²) in [5, 5.41) is 4.25. The molecule has 0 aliphatic rings. The molecule has 5 nitrogen and oxygen atoms in total. The first-order valence-corrected chi connectivity index (χ1v) is 8.93. The summed E-state index contributed by atoms with van der Waals surface area (Å²) < 4.78 is 11.4. The summed E-state index contributed by atoms with van der Waals surface area (Å²) in [4.78, 5) is 17.2. The van der Waals surface area contributed by atoms with Gasteiger partial charge in [0.05, 0.1) is 11.2 Å². The highest BCUT2D eigenvalue weighted by atomic mass is 16.6. The molecule has 140 valence electrons. The Morgan fingerprint density at radius 2 is 1.78 bits per heavy atom. The lowest BCUT2D eigenvalue weighted by Gasteiger charge is -2.25. The average Bonchev–Trinajstić information content (AvgIpc) is 2.64. The normalized spacial score (nSPS) is 12.4. The number of pyridine rings is 1. The molecule has 3 rings (SSSR count). The van der Waals surface area contributed by atoms with Gasteiger partial charge in [-0.1, -0.05) is 36.4 Å². The van der Waals surface area contributed by atoms with Crippen LogP contribution in [0.4, 0.5) is 5.69 Å². The number of para-hydroxylation sites is 2. The van der Waals surface area contributed by atoms with Crippen LogP contribution >= 0.6 is 0 Å². The van der Waals surface area contributed by atoms with Crippen molar-refractivity contribution >= 4 is 22.6 Å². The maximum Gasteiger partial charge on any atom is 0.332 e. The van der Waals surface area contributed by atoms with Crippen molar-refractivity contribution in [1.29, 1.82) is 0 Å². The van der Waals surface area contributed by atoms with Gasteiger partial charge >= 0.3 is 5.97 Å². The largest absolute Gasteiger partial charge is 0.491 e. The van der Waals surface area contributed by atoms with Crippen LogP contribution in [-0.4, -0.2) is 29.2 Å². The van der Waals surface area contributed by atoms with Crippen LogP contribution in [0.2, 0.25) is 0 Å². The molecule has 0 unspecified atom stereocenters. The Labute approximate surface area is 159 Å². The molecule has 0 aliphatic heterocycles. The Morgan fingerprint density at radius 3 is 2.52 bits per heavy atom. The minimum absolute atomic E-state index is 0.141. The van der Waals surface area contributed by atoms with Gasteiger partial charge in [-0.05, 0) is 45.0 Å². The quantitative estimate of drug-likeness (QED) is 0.656. The number of hydrogen-bond acceptors (Lipinski definition) is 5.